The Bertz CT molecular complexity index is 769. The van der Waals surface area contributed by atoms with Crippen molar-refractivity contribution in [3.63, 3.8) is 0 Å². The molecule has 26 heavy (non-hydrogen) atoms. The molecule has 0 radical (unpaired) electrons. The summed E-state index contributed by atoms with van der Waals surface area (Å²) in [6.07, 6.45) is 6.39. The number of carbonyl (C=O) groups is 1. The fourth-order valence-electron chi connectivity index (χ4n) is 4.51. The van der Waals surface area contributed by atoms with E-state index in [4.69, 9.17) is 16.3 Å². The third-order valence-corrected chi connectivity index (χ3v) is 6.53. The monoisotopic (exact) mass is 369 g/mol. The van der Waals surface area contributed by atoms with Crippen LogP contribution in [0.2, 0.25) is 5.02 Å². The van der Waals surface area contributed by atoms with Crippen LogP contribution < -0.4 is 5.32 Å². The molecule has 1 spiro atoms. The zero-order valence-corrected chi connectivity index (χ0v) is 15.5. The van der Waals surface area contributed by atoms with E-state index in [1.165, 1.54) is 24.8 Å². The molecule has 0 heterocycles. The summed E-state index contributed by atoms with van der Waals surface area (Å²) >= 11 is 6.10. The number of para-hydroxylation sites is 1. The summed E-state index contributed by atoms with van der Waals surface area (Å²) in [5, 5.41) is 3.30. The zero-order chi connectivity index (χ0) is 18.0. The maximum absolute atomic E-state index is 12.3. The molecule has 2 saturated carbocycles. The highest BCUT2D eigenvalue weighted by atomic mass is 35.5. The van der Waals surface area contributed by atoms with E-state index >= 15 is 0 Å². The summed E-state index contributed by atoms with van der Waals surface area (Å²) in [6.45, 7) is 0. The van der Waals surface area contributed by atoms with Crippen LogP contribution in [0.5, 0.6) is 0 Å². The molecule has 2 fully saturated rings. The van der Waals surface area contributed by atoms with Crippen molar-refractivity contribution in [2.75, 3.05) is 5.32 Å². The molecule has 2 aliphatic carbocycles. The van der Waals surface area contributed by atoms with E-state index in [1.807, 2.05) is 12.1 Å². The number of rotatable bonds is 3. The van der Waals surface area contributed by atoms with Crippen molar-refractivity contribution >= 4 is 23.4 Å². The SMILES string of the molecule is O=C(Nc1ccccc1Cl)O[C@H]1CCC12CCC(c1ccccc1)CC2. The number of amides is 1. The molecular weight excluding hydrogens is 346 g/mol. The van der Waals surface area contributed by atoms with Gasteiger partial charge in [0.25, 0.3) is 0 Å². The first-order valence-electron chi connectivity index (χ1n) is 9.43. The fourth-order valence-corrected chi connectivity index (χ4v) is 4.69. The molecule has 0 saturated heterocycles. The molecule has 4 heteroatoms. The van der Waals surface area contributed by atoms with Gasteiger partial charge in [-0.2, -0.15) is 0 Å². The standard InChI is InChI=1S/C22H24ClNO2/c23-18-8-4-5-9-19(18)24-21(25)26-20-12-15-22(20)13-10-17(11-14-22)16-6-2-1-3-7-16/h1-9,17,20H,10-15H2,(H,24,25)/t17?,20-,22?/m0/s1. The van der Waals surface area contributed by atoms with Gasteiger partial charge in [0.15, 0.2) is 0 Å². The summed E-state index contributed by atoms with van der Waals surface area (Å²) in [7, 11) is 0. The summed E-state index contributed by atoms with van der Waals surface area (Å²) < 4.78 is 5.77. The van der Waals surface area contributed by atoms with Gasteiger partial charge in [0, 0.05) is 5.41 Å². The molecular formula is C22H24ClNO2. The van der Waals surface area contributed by atoms with Crippen molar-refractivity contribution < 1.29 is 9.53 Å². The maximum Gasteiger partial charge on any atom is 0.411 e. The van der Waals surface area contributed by atoms with Crippen LogP contribution in [0.3, 0.4) is 0 Å². The van der Waals surface area contributed by atoms with Gasteiger partial charge in [-0.25, -0.2) is 4.79 Å². The molecule has 2 aromatic carbocycles. The second kappa shape index (κ2) is 7.32. The first kappa shape index (κ1) is 17.4. The Balaban J connectivity index is 1.33. The van der Waals surface area contributed by atoms with E-state index in [1.54, 1.807) is 12.1 Å². The van der Waals surface area contributed by atoms with Gasteiger partial charge in [0.05, 0.1) is 10.7 Å². The number of halogens is 1. The Morgan fingerprint density at radius 1 is 0.962 bits per heavy atom. The van der Waals surface area contributed by atoms with Crippen molar-refractivity contribution in [2.24, 2.45) is 5.41 Å². The van der Waals surface area contributed by atoms with Crippen LogP contribution in [-0.4, -0.2) is 12.2 Å². The average molecular weight is 370 g/mol. The third kappa shape index (κ3) is 3.45. The number of benzene rings is 2. The Morgan fingerprint density at radius 2 is 1.62 bits per heavy atom. The van der Waals surface area contributed by atoms with E-state index in [0.29, 0.717) is 16.6 Å². The number of hydrogen-bond acceptors (Lipinski definition) is 2. The van der Waals surface area contributed by atoms with E-state index in [0.717, 1.165) is 19.3 Å². The number of hydrogen-bond donors (Lipinski definition) is 1. The van der Waals surface area contributed by atoms with Gasteiger partial charge in [-0.15, -0.1) is 0 Å². The topological polar surface area (TPSA) is 38.3 Å². The first-order chi connectivity index (χ1) is 12.7. The maximum atomic E-state index is 12.3. The van der Waals surface area contributed by atoms with Crippen molar-refractivity contribution in [2.45, 2.75) is 50.5 Å². The average Bonchev–Trinajstić information content (AvgIpc) is 2.68. The molecule has 3 nitrogen and oxygen atoms in total. The largest absolute Gasteiger partial charge is 0.445 e. The van der Waals surface area contributed by atoms with Gasteiger partial charge < -0.3 is 4.74 Å². The van der Waals surface area contributed by atoms with Gasteiger partial charge in [0.1, 0.15) is 6.10 Å². The van der Waals surface area contributed by atoms with Crippen molar-refractivity contribution in [1.29, 1.82) is 0 Å². The smallest absolute Gasteiger partial charge is 0.411 e. The predicted octanol–water partition coefficient (Wildman–Crippen LogP) is 6.40. The Hall–Kier alpha value is -2.00. The van der Waals surface area contributed by atoms with Crippen molar-refractivity contribution in [1.82, 2.24) is 0 Å². The zero-order valence-electron chi connectivity index (χ0n) is 14.8. The lowest BCUT2D eigenvalue weighted by Gasteiger charge is -2.52. The number of anilines is 1. The third-order valence-electron chi connectivity index (χ3n) is 6.20. The summed E-state index contributed by atoms with van der Waals surface area (Å²) in [4.78, 5) is 12.3. The molecule has 1 amide bonds. The summed E-state index contributed by atoms with van der Waals surface area (Å²) in [5.74, 6) is 0.639. The van der Waals surface area contributed by atoms with E-state index in [-0.39, 0.29) is 11.5 Å². The van der Waals surface area contributed by atoms with Crippen LogP contribution in [-0.2, 0) is 4.74 Å². The van der Waals surface area contributed by atoms with Crippen LogP contribution >= 0.6 is 11.6 Å². The second-order valence-corrected chi connectivity index (χ2v) is 7.99. The molecule has 0 bridgehead atoms. The fraction of sp³-hybridized carbons (Fsp3) is 0.409. The highest BCUT2D eigenvalue weighted by Crippen LogP contribution is 2.55. The first-order valence-corrected chi connectivity index (χ1v) is 9.81. The lowest BCUT2D eigenvalue weighted by molar-refractivity contribution is -0.0915. The van der Waals surface area contributed by atoms with Crippen molar-refractivity contribution in [3.05, 3.63) is 65.2 Å². The highest BCUT2D eigenvalue weighted by Gasteiger charge is 2.50. The van der Waals surface area contributed by atoms with Crippen LogP contribution in [0.25, 0.3) is 0 Å². The van der Waals surface area contributed by atoms with Crippen LogP contribution in [0, 0.1) is 5.41 Å². The van der Waals surface area contributed by atoms with Crippen LogP contribution in [0.4, 0.5) is 10.5 Å². The minimum atomic E-state index is -0.396. The normalized spacial score (nSPS) is 27.6. The van der Waals surface area contributed by atoms with E-state index in [2.05, 4.69) is 35.6 Å². The molecule has 0 unspecified atom stereocenters. The second-order valence-electron chi connectivity index (χ2n) is 7.58. The molecule has 0 aliphatic heterocycles. The van der Waals surface area contributed by atoms with Gasteiger partial charge in [-0.3, -0.25) is 5.32 Å². The van der Waals surface area contributed by atoms with Gasteiger partial charge in [-0.05, 0) is 62.1 Å². The predicted molar refractivity (Wildman–Crippen MR) is 105 cm³/mol. The molecule has 4 rings (SSSR count). The van der Waals surface area contributed by atoms with Gasteiger partial charge in [-0.1, -0.05) is 54.1 Å². The van der Waals surface area contributed by atoms with Crippen LogP contribution in [0.1, 0.15) is 50.0 Å². The molecule has 0 aromatic heterocycles. The quantitative estimate of drug-likeness (QED) is 0.680. The minimum Gasteiger partial charge on any atom is -0.445 e. The van der Waals surface area contributed by atoms with Gasteiger partial charge >= 0.3 is 6.09 Å². The van der Waals surface area contributed by atoms with Gasteiger partial charge in [0.2, 0.25) is 0 Å². The number of ether oxygens (including phenoxy) is 1. The molecule has 1 atom stereocenters. The Kier molecular flexibility index (Phi) is 4.90. The van der Waals surface area contributed by atoms with E-state index < -0.39 is 6.09 Å². The number of nitrogens with one attached hydrogen (secondary N) is 1. The lowest BCUT2D eigenvalue weighted by Crippen LogP contribution is -2.49. The highest BCUT2D eigenvalue weighted by molar-refractivity contribution is 6.33. The molecule has 136 valence electrons. The molecule has 2 aliphatic rings. The molecule has 2 aromatic rings. The Labute approximate surface area is 159 Å². The summed E-state index contributed by atoms with van der Waals surface area (Å²) in [5.41, 5.74) is 2.22. The summed E-state index contributed by atoms with van der Waals surface area (Å²) in [6, 6.07) is 18.0. The van der Waals surface area contributed by atoms with Crippen molar-refractivity contribution in [3.8, 4) is 0 Å². The molecule has 1 N–H and O–H groups in total. The minimum absolute atomic E-state index is 0.0294. The Morgan fingerprint density at radius 3 is 2.27 bits per heavy atom. The number of carbonyl (C=O) groups excluding carboxylic acids is 1. The lowest BCUT2D eigenvalue weighted by atomic mass is 9.56. The van der Waals surface area contributed by atoms with E-state index in [9.17, 15) is 4.79 Å². The van der Waals surface area contributed by atoms with Crippen LogP contribution in [0.15, 0.2) is 54.6 Å².